The minimum atomic E-state index is -0.0695. The second kappa shape index (κ2) is 5.85. The van der Waals surface area contributed by atoms with Gasteiger partial charge >= 0.3 is 0 Å². The first kappa shape index (κ1) is 12.9. The highest BCUT2D eigenvalue weighted by molar-refractivity contribution is 9.10. The van der Waals surface area contributed by atoms with Crippen LogP contribution in [0, 0.1) is 0 Å². The summed E-state index contributed by atoms with van der Waals surface area (Å²) in [6.45, 7) is 1.47. The molecule has 0 aliphatic heterocycles. The molecule has 2 rings (SSSR count). The van der Waals surface area contributed by atoms with Gasteiger partial charge in [-0.25, -0.2) is 0 Å². The second-order valence-corrected chi connectivity index (χ2v) is 5.37. The van der Waals surface area contributed by atoms with Crippen LogP contribution in [0.3, 0.4) is 0 Å². The largest absolute Gasteiger partial charge is 0.351 e. The van der Waals surface area contributed by atoms with E-state index in [0.717, 1.165) is 11.0 Å². The van der Waals surface area contributed by atoms with Gasteiger partial charge in [0.15, 0.2) is 0 Å². The Balaban J connectivity index is 1.79. The first-order valence-corrected chi connectivity index (χ1v) is 6.80. The Morgan fingerprint density at radius 3 is 2.82 bits per heavy atom. The third-order valence-corrected chi connectivity index (χ3v) is 3.82. The standard InChI is InChI=1S/C12H14BrClN2O/c13-10-7-8(1-4-11(10)14)12(17)16-6-5-15-9-2-3-9/h1,4,7,9,15H,2-3,5-6H2,(H,16,17). The van der Waals surface area contributed by atoms with Crippen LogP contribution in [0.15, 0.2) is 22.7 Å². The molecule has 2 N–H and O–H groups in total. The number of hydrogen-bond acceptors (Lipinski definition) is 2. The van der Waals surface area contributed by atoms with E-state index >= 15 is 0 Å². The fraction of sp³-hybridized carbons (Fsp3) is 0.417. The van der Waals surface area contributed by atoms with Crippen molar-refractivity contribution in [3.8, 4) is 0 Å². The van der Waals surface area contributed by atoms with E-state index < -0.39 is 0 Å². The molecule has 1 aromatic carbocycles. The SMILES string of the molecule is O=C(NCCNC1CC1)c1ccc(Cl)c(Br)c1. The average molecular weight is 318 g/mol. The zero-order valence-corrected chi connectivity index (χ0v) is 11.6. The molecular formula is C12H14BrClN2O. The molecule has 1 amide bonds. The van der Waals surface area contributed by atoms with Crippen molar-refractivity contribution < 1.29 is 4.79 Å². The maximum atomic E-state index is 11.8. The average Bonchev–Trinajstić information content (AvgIpc) is 3.12. The van der Waals surface area contributed by atoms with E-state index in [1.165, 1.54) is 12.8 Å². The molecule has 5 heteroatoms. The molecule has 1 aliphatic rings. The fourth-order valence-corrected chi connectivity index (χ4v) is 1.98. The van der Waals surface area contributed by atoms with Crippen molar-refractivity contribution in [1.29, 1.82) is 0 Å². The van der Waals surface area contributed by atoms with E-state index in [4.69, 9.17) is 11.6 Å². The predicted molar refractivity (Wildman–Crippen MR) is 72.5 cm³/mol. The molecule has 3 nitrogen and oxygen atoms in total. The zero-order chi connectivity index (χ0) is 12.3. The van der Waals surface area contributed by atoms with Crippen LogP contribution in [0.1, 0.15) is 23.2 Å². The highest BCUT2D eigenvalue weighted by Crippen LogP contribution is 2.23. The van der Waals surface area contributed by atoms with E-state index in [9.17, 15) is 4.79 Å². The summed E-state index contributed by atoms with van der Waals surface area (Å²) >= 11 is 9.16. The molecular weight excluding hydrogens is 304 g/mol. The van der Waals surface area contributed by atoms with Crippen LogP contribution in [0.5, 0.6) is 0 Å². The van der Waals surface area contributed by atoms with E-state index in [2.05, 4.69) is 26.6 Å². The number of amides is 1. The van der Waals surface area contributed by atoms with Gasteiger partial charge in [0.05, 0.1) is 5.02 Å². The van der Waals surface area contributed by atoms with E-state index in [-0.39, 0.29) is 5.91 Å². The van der Waals surface area contributed by atoms with E-state index in [1.807, 2.05) is 0 Å². The van der Waals surface area contributed by atoms with Crippen molar-refractivity contribution in [1.82, 2.24) is 10.6 Å². The normalized spacial score (nSPS) is 14.7. The Morgan fingerprint density at radius 2 is 2.18 bits per heavy atom. The molecule has 0 radical (unpaired) electrons. The minimum absolute atomic E-state index is 0.0695. The smallest absolute Gasteiger partial charge is 0.251 e. The molecule has 0 saturated heterocycles. The number of halogens is 2. The highest BCUT2D eigenvalue weighted by atomic mass is 79.9. The quantitative estimate of drug-likeness (QED) is 0.820. The molecule has 0 spiro atoms. The molecule has 1 saturated carbocycles. The summed E-state index contributed by atoms with van der Waals surface area (Å²) in [6, 6.07) is 5.84. The maximum Gasteiger partial charge on any atom is 0.251 e. The number of nitrogens with one attached hydrogen (secondary N) is 2. The van der Waals surface area contributed by atoms with Gasteiger partial charge in [0.25, 0.3) is 5.91 Å². The number of carbonyl (C=O) groups is 1. The molecule has 1 aromatic rings. The zero-order valence-electron chi connectivity index (χ0n) is 9.30. The van der Waals surface area contributed by atoms with Gasteiger partial charge in [0.1, 0.15) is 0 Å². The first-order chi connectivity index (χ1) is 8.16. The molecule has 0 bridgehead atoms. The lowest BCUT2D eigenvalue weighted by atomic mass is 10.2. The number of hydrogen-bond donors (Lipinski definition) is 2. The summed E-state index contributed by atoms with van der Waals surface area (Å²) in [4.78, 5) is 11.8. The van der Waals surface area contributed by atoms with Crippen molar-refractivity contribution >= 4 is 33.4 Å². The lowest BCUT2D eigenvalue weighted by Gasteiger charge is -2.06. The minimum Gasteiger partial charge on any atom is -0.351 e. The summed E-state index contributed by atoms with van der Waals surface area (Å²) in [7, 11) is 0. The van der Waals surface area contributed by atoms with Crippen LogP contribution in [0.4, 0.5) is 0 Å². The molecule has 1 fully saturated rings. The van der Waals surface area contributed by atoms with Crippen LogP contribution >= 0.6 is 27.5 Å². The van der Waals surface area contributed by atoms with Crippen molar-refractivity contribution in [2.75, 3.05) is 13.1 Å². The predicted octanol–water partition coefficient (Wildman–Crippen LogP) is 2.58. The summed E-state index contributed by atoms with van der Waals surface area (Å²) in [5.41, 5.74) is 0.618. The van der Waals surface area contributed by atoms with Crippen LogP contribution in [-0.4, -0.2) is 25.0 Å². The molecule has 92 valence electrons. The Morgan fingerprint density at radius 1 is 1.41 bits per heavy atom. The van der Waals surface area contributed by atoms with Crippen molar-refractivity contribution in [3.63, 3.8) is 0 Å². The number of carbonyl (C=O) groups excluding carboxylic acids is 1. The number of benzene rings is 1. The third-order valence-electron chi connectivity index (χ3n) is 2.60. The van der Waals surface area contributed by atoms with Crippen molar-refractivity contribution in [2.45, 2.75) is 18.9 Å². The molecule has 1 aliphatic carbocycles. The fourth-order valence-electron chi connectivity index (χ4n) is 1.48. The Hall–Kier alpha value is -0.580. The van der Waals surface area contributed by atoms with Crippen LogP contribution in [-0.2, 0) is 0 Å². The topological polar surface area (TPSA) is 41.1 Å². The van der Waals surface area contributed by atoms with Gasteiger partial charge < -0.3 is 10.6 Å². The van der Waals surface area contributed by atoms with Gasteiger partial charge in [-0.05, 0) is 47.0 Å². The molecule has 0 unspecified atom stereocenters. The lowest BCUT2D eigenvalue weighted by Crippen LogP contribution is -2.32. The van der Waals surface area contributed by atoms with Gasteiger partial charge in [-0.2, -0.15) is 0 Å². The van der Waals surface area contributed by atoms with Crippen LogP contribution in [0.25, 0.3) is 0 Å². The monoisotopic (exact) mass is 316 g/mol. The summed E-state index contributed by atoms with van der Waals surface area (Å²) in [5, 5.41) is 6.81. The van der Waals surface area contributed by atoms with Crippen molar-refractivity contribution in [3.05, 3.63) is 33.3 Å². The lowest BCUT2D eigenvalue weighted by molar-refractivity contribution is 0.0954. The molecule has 0 atom stereocenters. The van der Waals surface area contributed by atoms with Gasteiger partial charge in [-0.1, -0.05) is 11.6 Å². The summed E-state index contributed by atoms with van der Waals surface area (Å²) < 4.78 is 0.739. The third kappa shape index (κ3) is 3.98. The van der Waals surface area contributed by atoms with Gasteiger partial charge in [0, 0.05) is 29.2 Å². The molecule has 17 heavy (non-hydrogen) atoms. The van der Waals surface area contributed by atoms with Gasteiger partial charge in [-0.3, -0.25) is 4.79 Å². The van der Waals surface area contributed by atoms with Crippen molar-refractivity contribution in [2.24, 2.45) is 0 Å². The Bertz CT molecular complexity index is 421. The second-order valence-electron chi connectivity index (χ2n) is 4.11. The van der Waals surface area contributed by atoms with Crippen LogP contribution in [0.2, 0.25) is 5.02 Å². The summed E-state index contributed by atoms with van der Waals surface area (Å²) in [6.07, 6.45) is 2.52. The summed E-state index contributed by atoms with van der Waals surface area (Å²) in [5.74, 6) is -0.0695. The highest BCUT2D eigenvalue weighted by Gasteiger charge is 2.19. The number of rotatable bonds is 5. The Kier molecular flexibility index (Phi) is 4.42. The van der Waals surface area contributed by atoms with Crippen LogP contribution < -0.4 is 10.6 Å². The van der Waals surface area contributed by atoms with E-state index in [1.54, 1.807) is 18.2 Å². The molecule has 0 heterocycles. The van der Waals surface area contributed by atoms with Gasteiger partial charge in [-0.15, -0.1) is 0 Å². The maximum absolute atomic E-state index is 11.8. The Labute approximate surface area is 114 Å². The molecule has 0 aromatic heterocycles. The van der Waals surface area contributed by atoms with E-state index in [0.29, 0.717) is 23.2 Å². The first-order valence-electron chi connectivity index (χ1n) is 5.63. The van der Waals surface area contributed by atoms with Gasteiger partial charge in [0.2, 0.25) is 0 Å².